The van der Waals surface area contributed by atoms with Crippen molar-refractivity contribution in [3.63, 3.8) is 0 Å². The van der Waals surface area contributed by atoms with Gasteiger partial charge in [0.15, 0.2) is 0 Å². The zero-order valence-electron chi connectivity index (χ0n) is 18.7. The first-order chi connectivity index (χ1) is 15.9. The molecule has 33 heavy (non-hydrogen) atoms. The van der Waals surface area contributed by atoms with Crippen LogP contribution in [0.2, 0.25) is 0 Å². The Morgan fingerprint density at radius 1 is 0.939 bits per heavy atom. The van der Waals surface area contributed by atoms with Gasteiger partial charge >= 0.3 is 0 Å². The molecule has 9 heteroatoms. The summed E-state index contributed by atoms with van der Waals surface area (Å²) < 4.78 is 32.8. The number of likely N-dealkylation sites (tertiary alicyclic amines) is 1. The highest BCUT2D eigenvalue weighted by atomic mass is 32.2. The summed E-state index contributed by atoms with van der Waals surface area (Å²) in [4.78, 5) is 27.0. The number of hydrogen-bond acceptors (Lipinski definition) is 5. The van der Waals surface area contributed by atoms with Crippen LogP contribution in [0.3, 0.4) is 0 Å². The molecule has 0 radical (unpaired) electrons. The third-order valence-corrected chi connectivity index (χ3v) is 8.05. The van der Waals surface area contributed by atoms with Gasteiger partial charge in [0, 0.05) is 37.4 Å². The Kier molecular flexibility index (Phi) is 6.99. The lowest BCUT2D eigenvalue weighted by atomic mass is 10.1. The molecule has 2 aromatic rings. The lowest BCUT2D eigenvalue weighted by Crippen LogP contribution is -2.29. The fraction of sp³-hybridized carbons (Fsp3) is 0.417. The second-order valence-electron chi connectivity index (χ2n) is 8.39. The fourth-order valence-electron chi connectivity index (χ4n) is 4.25. The number of nitrogens with zero attached hydrogens (tertiary/aromatic N) is 2. The number of hydrogen-bond donors (Lipinski definition) is 1. The summed E-state index contributed by atoms with van der Waals surface area (Å²) in [6, 6.07) is 11.5. The topological polar surface area (TPSA) is 96.0 Å². The molecule has 0 saturated carbocycles. The lowest BCUT2D eigenvalue weighted by molar-refractivity contribution is -0.129. The van der Waals surface area contributed by atoms with Crippen LogP contribution in [0.5, 0.6) is 5.75 Å². The van der Waals surface area contributed by atoms with E-state index in [4.69, 9.17) is 4.74 Å². The van der Waals surface area contributed by atoms with Gasteiger partial charge in [-0.3, -0.25) is 9.59 Å². The monoisotopic (exact) mass is 471 g/mol. The van der Waals surface area contributed by atoms with Crippen molar-refractivity contribution in [3.05, 3.63) is 53.6 Å². The summed E-state index contributed by atoms with van der Waals surface area (Å²) >= 11 is 0. The Balaban J connectivity index is 1.46. The van der Waals surface area contributed by atoms with Gasteiger partial charge in [-0.05, 0) is 61.6 Å². The zero-order valence-corrected chi connectivity index (χ0v) is 19.6. The molecule has 0 atom stereocenters. The number of amides is 2. The van der Waals surface area contributed by atoms with Crippen LogP contribution in [0, 0.1) is 0 Å². The van der Waals surface area contributed by atoms with E-state index in [1.807, 2.05) is 17.0 Å². The van der Waals surface area contributed by atoms with E-state index in [1.54, 1.807) is 18.2 Å². The van der Waals surface area contributed by atoms with Gasteiger partial charge in [0.2, 0.25) is 15.9 Å². The van der Waals surface area contributed by atoms with Crippen molar-refractivity contribution in [2.24, 2.45) is 0 Å². The minimum atomic E-state index is -3.74. The predicted octanol–water partition coefficient (Wildman–Crippen LogP) is 2.90. The van der Waals surface area contributed by atoms with E-state index in [2.05, 4.69) is 5.32 Å². The van der Waals surface area contributed by atoms with Gasteiger partial charge in [0.05, 0.1) is 13.5 Å². The molecule has 0 aliphatic carbocycles. The van der Waals surface area contributed by atoms with Crippen molar-refractivity contribution in [3.8, 4) is 5.75 Å². The summed E-state index contributed by atoms with van der Waals surface area (Å²) in [6.45, 7) is 2.58. The second-order valence-corrected chi connectivity index (χ2v) is 10.3. The van der Waals surface area contributed by atoms with Crippen LogP contribution in [0.4, 0.5) is 5.69 Å². The summed E-state index contributed by atoms with van der Waals surface area (Å²) in [5.41, 5.74) is 1.67. The molecule has 0 spiro atoms. The average Bonchev–Trinajstić information content (AvgIpc) is 3.54. The Morgan fingerprint density at radius 3 is 2.21 bits per heavy atom. The van der Waals surface area contributed by atoms with Crippen LogP contribution >= 0.6 is 0 Å². The van der Waals surface area contributed by atoms with Crippen molar-refractivity contribution in [1.82, 2.24) is 9.21 Å². The number of benzene rings is 2. The molecule has 1 N–H and O–H groups in total. The van der Waals surface area contributed by atoms with E-state index in [-0.39, 0.29) is 22.1 Å². The quantitative estimate of drug-likeness (QED) is 0.670. The molecule has 4 rings (SSSR count). The van der Waals surface area contributed by atoms with Crippen molar-refractivity contribution in [1.29, 1.82) is 0 Å². The van der Waals surface area contributed by atoms with E-state index in [0.29, 0.717) is 25.2 Å². The molecule has 0 unspecified atom stereocenters. The smallest absolute Gasteiger partial charge is 0.255 e. The van der Waals surface area contributed by atoms with Crippen LogP contribution in [-0.2, 0) is 21.2 Å². The summed E-state index contributed by atoms with van der Waals surface area (Å²) in [6.07, 6.45) is 4.10. The molecule has 2 amide bonds. The second kappa shape index (κ2) is 9.93. The summed E-state index contributed by atoms with van der Waals surface area (Å²) in [7, 11) is -2.33. The van der Waals surface area contributed by atoms with Crippen molar-refractivity contribution < 1.29 is 22.7 Å². The highest BCUT2D eigenvalue weighted by molar-refractivity contribution is 7.89. The molecule has 0 bridgehead atoms. The number of carbonyl (C=O) groups is 2. The molecular formula is C24H29N3O5S. The van der Waals surface area contributed by atoms with Crippen molar-refractivity contribution in [2.75, 3.05) is 38.6 Å². The average molecular weight is 472 g/mol. The van der Waals surface area contributed by atoms with Gasteiger partial charge in [-0.15, -0.1) is 0 Å². The molecule has 2 aromatic carbocycles. The Morgan fingerprint density at radius 2 is 1.58 bits per heavy atom. The van der Waals surface area contributed by atoms with E-state index >= 15 is 0 Å². The molecule has 8 nitrogen and oxygen atoms in total. The Hall–Kier alpha value is -2.91. The number of methoxy groups -OCH3 is 1. The van der Waals surface area contributed by atoms with Gasteiger partial charge in [-0.1, -0.05) is 12.1 Å². The number of anilines is 1. The maximum atomic E-state index is 13.1. The third kappa shape index (κ3) is 5.20. The number of ether oxygens (including phenoxy) is 1. The van der Waals surface area contributed by atoms with Gasteiger partial charge < -0.3 is 15.0 Å². The SMILES string of the molecule is COc1ccc(C(=O)Nc2ccc(CC(=O)N3CCCC3)cc2)cc1S(=O)(=O)N1CCCC1. The first kappa shape index (κ1) is 23.3. The molecular weight excluding hydrogens is 442 g/mol. The lowest BCUT2D eigenvalue weighted by Gasteiger charge is -2.18. The largest absolute Gasteiger partial charge is 0.495 e. The van der Waals surface area contributed by atoms with Gasteiger partial charge in [0.25, 0.3) is 5.91 Å². The van der Waals surface area contributed by atoms with Crippen LogP contribution < -0.4 is 10.1 Å². The third-order valence-electron chi connectivity index (χ3n) is 6.13. The van der Waals surface area contributed by atoms with E-state index in [1.165, 1.54) is 23.5 Å². The number of carbonyl (C=O) groups excluding carboxylic acids is 2. The molecule has 2 heterocycles. The Labute approximate surface area is 194 Å². The predicted molar refractivity (Wildman–Crippen MR) is 125 cm³/mol. The minimum absolute atomic E-state index is 0.00433. The zero-order chi connectivity index (χ0) is 23.4. The Bertz CT molecular complexity index is 1120. The standard InChI is InChI=1S/C24H29N3O5S/c1-32-21-11-8-19(17-22(21)33(30,31)27-14-4-5-15-27)24(29)25-20-9-6-18(7-10-20)16-23(28)26-12-2-3-13-26/h6-11,17H,2-5,12-16H2,1H3,(H,25,29). The van der Waals surface area contributed by atoms with Crippen LogP contribution in [0.15, 0.2) is 47.4 Å². The van der Waals surface area contributed by atoms with E-state index < -0.39 is 15.9 Å². The number of rotatable bonds is 7. The highest BCUT2D eigenvalue weighted by Crippen LogP contribution is 2.30. The number of nitrogens with one attached hydrogen (secondary N) is 1. The molecule has 2 aliphatic rings. The molecule has 0 aromatic heterocycles. The maximum Gasteiger partial charge on any atom is 0.255 e. The first-order valence-corrected chi connectivity index (χ1v) is 12.7. The first-order valence-electron chi connectivity index (χ1n) is 11.2. The normalized spacial score (nSPS) is 16.7. The molecule has 2 saturated heterocycles. The molecule has 2 aliphatic heterocycles. The highest BCUT2D eigenvalue weighted by Gasteiger charge is 2.30. The number of sulfonamides is 1. The van der Waals surface area contributed by atoms with Crippen molar-refractivity contribution in [2.45, 2.75) is 37.0 Å². The molecule has 2 fully saturated rings. The van der Waals surface area contributed by atoms with Gasteiger partial charge in [0.1, 0.15) is 10.6 Å². The van der Waals surface area contributed by atoms with Crippen LogP contribution in [0.25, 0.3) is 0 Å². The van der Waals surface area contributed by atoms with E-state index in [0.717, 1.165) is 44.3 Å². The minimum Gasteiger partial charge on any atom is -0.495 e. The maximum absolute atomic E-state index is 13.1. The van der Waals surface area contributed by atoms with Crippen LogP contribution in [-0.4, -0.2) is 62.7 Å². The fourth-order valence-corrected chi connectivity index (χ4v) is 5.95. The van der Waals surface area contributed by atoms with Gasteiger partial charge in [-0.25, -0.2) is 8.42 Å². The summed E-state index contributed by atoms with van der Waals surface area (Å²) in [5.74, 6) is -0.0869. The van der Waals surface area contributed by atoms with Crippen LogP contribution in [0.1, 0.15) is 41.6 Å². The van der Waals surface area contributed by atoms with Crippen molar-refractivity contribution >= 4 is 27.5 Å². The van der Waals surface area contributed by atoms with Gasteiger partial charge in [-0.2, -0.15) is 4.31 Å². The van der Waals surface area contributed by atoms with E-state index in [9.17, 15) is 18.0 Å². The molecule has 176 valence electrons. The summed E-state index contributed by atoms with van der Waals surface area (Å²) in [5, 5.41) is 2.80.